The summed E-state index contributed by atoms with van der Waals surface area (Å²) in [7, 11) is 1.90. The lowest BCUT2D eigenvalue weighted by Crippen LogP contribution is -2.30. The summed E-state index contributed by atoms with van der Waals surface area (Å²) in [6.07, 6.45) is 4.45. The number of nitrogens with two attached hydrogens (primary N) is 1. The minimum atomic E-state index is 0.00463. The molecule has 0 saturated heterocycles. The van der Waals surface area contributed by atoms with Crippen molar-refractivity contribution in [2.45, 2.75) is 12.5 Å². The van der Waals surface area contributed by atoms with Crippen molar-refractivity contribution in [3.63, 3.8) is 0 Å². The highest BCUT2D eigenvalue weighted by Gasteiger charge is 2.20. The second-order valence-corrected chi connectivity index (χ2v) is 3.29. The normalized spacial score (nSPS) is 17.7. The Kier molecular flexibility index (Phi) is 2.51. The molecule has 0 aliphatic carbocycles. The van der Waals surface area contributed by atoms with E-state index in [9.17, 15) is 0 Å². The first-order chi connectivity index (χ1) is 6.83. The molecule has 0 saturated carbocycles. The van der Waals surface area contributed by atoms with E-state index in [1.807, 2.05) is 17.8 Å². The van der Waals surface area contributed by atoms with Gasteiger partial charge in [-0.1, -0.05) is 0 Å². The molecule has 0 radical (unpaired) electrons. The number of hydrogen-bond donors (Lipinski definition) is 2. The minimum Gasteiger partial charge on any atom is -0.501 e. The van der Waals surface area contributed by atoms with E-state index < -0.39 is 0 Å². The highest BCUT2D eigenvalue weighted by Crippen LogP contribution is 2.25. The van der Waals surface area contributed by atoms with Gasteiger partial charge < -0.3 is 4.74 Å². The molecule has 0 fully saturated rings. The van der Waals surface area contributed by atoms with Gasteiger partial charge in [-0.3, -0.25) is 10.5 Å². The molecule has 5 heteroatoms. The van der Waals surface area contributed by atoms with Crippen molar-refractivity contribution in [2.24, 2.45) is 12.9 Å². The van der Waals surface area contributed by atoms with Crippen molar-refractivity contribution in [2.75, 3.05) is 6.61 Å². The summed E-state index contributed by atoms with van der Waals surface area (Å²) in [5.74, 6) is 5.53. The maximum atomic E-state index is 5.53. The SMILES string of the molecule is Cn1nccc1C(NN)C1=COCC1. The number of ether oxygens (including phenoxy) is 1. The van der Waals surface area contributed by atoms with Crippen molar-refractivity contribution in [1.82, 2.24) is 15.2 Å². The monoisotopic (exact) mass is 194 g/mol. The van der Waals surface area contributed by atoms with Gasteiger partial charge >= 0.3 is 0 Å². The van der Waals surface area contributed by atoms with Crippen LogP contribution in [0.3, 0.4) is 0 Å². The van der Waals surface area contributed by atoms with Gasteiger partial charge in [-0.15, -0.1) is 0 Å². The van der Waals surface area contributed by atoms with Gasteiger partial charge in [0.15, 0.2) is 0 Å². The maximum Gasteiger partial charge on any atom is 0.0912 e. The van der Waals surface area contributed by atoms with Crippen molar-refractivity contribution in [3.8, 4) is 0 Å². The lowest BCUT2D eigenvalue weighted by atomic mass is 10.0. The van der Waals surface area contributed by atoms with Crippen LogP contribution in [0.5, 0.6) is 0 Å². The third-order valence-corrected chi connectivity index (χ3v) is 2.44. The van der Waals surface area contributed by atoms with Gasteiger partial charge in [-0.2, -0.15) is 5.10 Å². The topological polar surface area (TPSA) is 65.1 Å². The third-order valence-electron chi connectivity index (χ3n) is 2.44. The van der Waals surface area contributed by atoms with Gasteiger partial charge in [0.25, 0.3) is 0 Å². The molecule has 0 aromatic carbocycles. The maximum absolute atomic E-state index is 5.53. The fraction of sp³-hybridized carbons (Fsp3) is 0.444. The third kappa shape index (κ3) is 1.51. The summed E-state index contributed by atoms with van der Waals surface area (Å²) in [6, 6.07) is 1.95. The molecule has 2 heterocycles. The summed E-state index contributed by atoms with van der Waals surface area (Å²) in [5.41, 5.74) is 4.99. The molecule has 1 aliphatic heterocycles. The second kappa shape index (κ2) is 3.81. The standard InChI is InChI=1S/C9H14N4O/c1-13-8(2-4-11-13)9(12-10)7-3-5-14-6-7/h2,4,6,9,12H,3,5,10H2,1H3. The van der Waals surface area contributed by atoms with Gasteiger partial charge in [0.1, 0.15) is 0 Å². The van der Waals surface area contributed by atoms with Crippen molar-refractivity contribution < 1.29 is 4.74 Å². The highest BCUT2D eigenvalue weighted by molar-refractivity contribution is 5.22. The molecule has 2 rings (SSSR count). The molecule has 0 amide bonds. The summed E-state index contributed by atoms with van der Waals surface area (Å²) in [6.45, 7) is 0.741. The number of aryl methyl sites for hydroxylation is 1. The predicted octanol–water partition coefficient (Wildman–Crippen LogP) is 0.229. The number of rotatable bonds is 3. The van der Waals surface area contributed by atoms with Crippen LogP contribution < -0.4 is 11.3 Å². The Bertz CT molecular complexity index is 344. The van der Waals surface area contributed by atoms with Crippen LogP contribution in [-0.4, -0.2) is 16.4 Å². The first kappa shape index (κ1) is 9.23. The Hall–Kier alpha value is -1.33. The average molecular weight is 194 g/mol. The molecule has 1 aromatic rings. The lowest BCUT2D eigenvalue weighted by Gasteiger charge is -2.16. The Morgan fingerprint density at radius 3 is 3.07 bits per heavy atom. The molecule has 5 nitrogen and oxygen atoms in total. The summed E-state index contributed by atoms with van der Waals surface area (Å²) >= 11 is 0. The second-order valence-electron chi connectivity index (χ2n) is 3.29. The molecular formula is C9H14N4O. The summed E-state index contributed by atoms with van der Waals surface area (Å²) < 4.78 is 7.00. The molecule has 3 N–H and O–H groups in total. The van der Waals surface area contributed by atoms with E-state index in [-0.39, 0.29) is 6.04 Å². The number of aromatic nitrogens is 2. The molecule has 0 bridgehead atoms. The first-order valence-corrected chi connectivity index (χ1v) is 4.57. The van der Waals surface area contributed by atoms with Crippen LogP contribution >= 0.6 is 0 Å². The fourth-order valence-corrected chi connectivity index (χ4v) is 1.66. The molecular weight excluding hydrogens is 180 g/mol. The minimum absolute atomic E-state index is 0.00463. The Labute approximate surface area is 82.5 Å². The van der Waals surface area contributed by atoms with Gasteiger partial charge in [0.05, 0.1) is 24.6 Å². The molecule has 1 aliphatic rings. The molecule has 1 unspecified atom stereocenters. The van der Waals surface area contributed by atoms with Gasteiger partial charge in [-0.05, 0) is 11.6 Å². The Morgan fingerprint density at radius 1 is 1.71 bits per heavy atom. The smallest absolute Gasteiger partial charge is 0.0912 e. The Morgan fingerprint density at radius 2 is 2.57 bits per heavy atom. The predicted molar refractivity (Wildman–Crippen MR) is 51.9 cm³/mol. The zero-order valence-electron chi connectivity index (χ0n) is 8.10. The zero-order chi connectivity index (χ0) is 9.97. The van der Waals surface area contributed by atoms with Crippen molar-refractivity contribution in [1.29, 1.82) is 0 Å². The summed E-state index contributed by atoms with van der Waals surface area (Å²) in [4.78, 5) is 0. The van der Waals surface area contributed by atoms with E-state index in [0.29, 0.717) is 0 Å². The van der Waals surface area contributed by atoms with Gasteiger partial charge in [0, 0.05) is 19.7 Å². The van der Waals surface area contributed by atoms with Crippen molar-refractivity contribution >= 4 is 0 Å². The number of hydrazine groups is 1. The Balaban J connectivity index is 2.25. The van der Waals surface area contributed by atoms with Gasteiger partial charge in [0.2, 0.25) is 0 Å². The average Bonchev–Trinajstić information content (AvgIpc) is 2.80. The molecule has 1 atom stereocenters. The van der Waals surface area contributed by atoms with Crippen molar-refractivity contribution in [3.05, 3.63) is 29.8 Å². The van der Waals surface area contributed by atoms with E-state index in [1.54, 1.807) is 12.5 Å². The zero-order valence-corrected chi connectivity index (χ0v) is 8.10. The van der Waals surface area contributed by atoms with E-state index in [1.165, 1.54) is 0 Å². The first-order valence-electron chi connectivity index (χ1n) is 4.57. The molecule has 1 aromatic heterocycles. The molecule has 0 spiro atoms. The van der Waals surface area contributed by atoms with E-state index in [4.69, 9.17) is 10.6 Å². The molecule has 76 valence electrons. The number of nitrogens with zero attached hydrogens (tertiary/aromatic N) is 2. The van der Waals surface area contributed by atoms with Crippen LogP contribution in [0.2, 0.25) is 0 Å². The summed E-state index contributed by atoms with van der Waals surface area (Å²) in [5, 5.41) is 4.11. The fourth-order valence-electron chi connectivity index (χ4n) is 1.66. The van der Waals surface area contributed by atoms with E-state index in [0.717, 1.165) is 24.3 Å². The van der Waals surface area contributed by atoms with Crippen LogP contribution in [-0.2, 0) is 11.8 Å². The van der Waals surface area contributed by atoms with Crippen LogP contribution in [0.4, 0.5) is 0 Å². The molecule has 14 heavy (non-hydrogen) atoms. The van der Waals surface area contributed by atoms with E-state index in [2.05, 4.69) is 10.5 Å². The van der Waals surface area contributed by atoms with E-state index >= 15 is 0 Å². The van der Waals surface area contributed by atoms with Crippen LogP contribution in [0.25, 0.3) is 0 Å². The quantitative estimate of drug-likeness (QED) is 0.534. The number of hydrogen-bond acceptors (Lipinski definition) is 4. The van der Waals surface area contributed by atoms with Gasteiger partial charge in [-0.25, -0.2) is 5.43 Å². The van der Waals surface area contributed by atoms with Crippen LogP contribution in [0.1, 0.15) is 18.2 Å². The largest absolute Gasteiger partial charge is 0.501 e. The highest BCUT2D eigenvalue weighted by atomic mass is 16.5. The van der Waals surface area contributed by atoms with Crippen LogP contribution in [0.15, 0.2) is 24.1 Å². The number of nitrogens with one attached hydrogen (secondary N) is 1. The van der Waals surface area contributed by atoms with Crippen LogP contribution in [0, 0.1) is 0 Å². The lowest BCUT2D eigenvalue weighted by molar-refractivity contribution is 0.281.